The van der Waals surface area contributed by atoms with Gasteiger partial charge in [0.2, 0.25) is 0 Å². The lowest BCUT2D eigenvalue weighted by Crippen LogP contribution is -2.29. The van der Waals surface area contributed by atoms with Crippen molar-refractivity contribution in [1.82, 2.24) is 0 Å². The van der Waals surface area contributed by atoms with E-state index in [-0.39, 0.29) is 0 Å². The lowest BCUT2D eigenvalue weighted by molar-refractivity contribution is 0.424. The molecule has 1 heterocycles. The Balaban J connectivity index is 1.82. The van der Waals surface area contributed by atoms with Crippen LogP contribution in [0.4, 0.5) is 5.69 Å². The quantitative estimate of drug-likeness (QED) is 0.668. The third kappa shape index (κ3) is 2.13. The maximum Gasteiger partial charge on any atom is 0.0565 e. The number of allylic oxidation sites excluding steroid dienone is 2. The second kappa shape index (κ2) is 5.03. The maximum absolute atomic E-state index is 3.78. The summed E-state index contributed by atoms with van der Waals surface area (Å²) in [5.74, 6) is 1.15. The first-order valence-corrected chi connectivity index (χ1v) is 8.31. The molecule has 106 valence electrons. The lowest BCUT2D eigenvalue weighted by Gasteiger charge is -2.38. The molecule has 4 rings (SSSR count). The Labute approximate surface area is 134 Å². The predicted molar refractivity (Wildman–Crippen MR) is 91.7 cm³/mol. The molecule has 0 fully saturated rings. The molecule has 0 aromatic heterocycles. The van der Waals surface area contributed by atoms with Gasteiger partial charge >= 0.3 is 0 Å². The molecule has 1 aliphatic carbocycles. The van der Waals surface area contributed by atoms with Crippen LogP contribution in [0.5, 0.6) is 0 Å². The van der Waals surface area contributed by atoms with Crippen molar-refractivity contribution >= 4 is 21.6 Å². The van der Waals surface area contributed by atoms with Gasteiger partial charge in [-0.15, -0.1) is 0 Å². The number of rotatable bonds is 1. The summed E-state index contributed by atoms with van der Waals surface area (Å²) in [4.78, 5) is 0. The molecule has 0 amide bonds. The third-order valence-corrected chi connectivity index (χ3v) is 5.48. The number of aryl methyl sites for hydroxylation is 1. The van der Waals surface area contributed by atoms with E-state index in [0.29, 0.717) is 17.9 Å². The second-order valence-corrected chi connectivity index (χ2v) is 6.94. The molecule has 0 saturated carbocycles. The summed E-state index contributed by atoms with van der Waals surface area (Å²) in [5.41, 5.74) is 5.45. The summed E-state index contributed by atoms with van der Waals surface area (Å²) in [6.07, 6.45) is 5.89. The molecule has 2 unspecified atom stereocenters. The molecule has 0 saturated heterocycles. The number of benzene rings is 2. The van der Waals surface area contributed by atoms with E-state index in [1.54, 1.807) is 0 Å². The monoisotopic (exact) mass is 339 g/mol. The summed E-state index contributed by atoms with van der Waals surface area (Å²) in [6.45, 7) is 2.17. The first-order chi connectivity index (χ1) is 10.2. The Kier molecular flexibility index (Phi) is 3.15. The van der Waals surface area contributed by atoms with E-state index in [0.717, 1.165) is 6.42 Å². The molecule has 2 heteroatoms. The van der Waals surface area contributed by atoms with Crippen LogP contribution in [-0.4, -0.2) is 0 Å². The summed E-state index contributed by atoms with van der Waals surface area (Å²) in [6, 6.07) is 15.7. The van der Waals surface area contributed by atoms with Gasteiger partial charge in [0.25, 0.3) is 0 Å². The Bertz CT molecular complexity index is 719. The van der Waals surface area contributed by atoms with Crippen LogP contribution in [0.2, 0.25) is 0 Å². The molecule has 2 aromatic carbocycles. The molecule has 0 spiro atoms. The van der Waals surface area contributed by atoms with Crippen molar-refractivity contribution in [3.8, 4) is 0 Å². The first-order valence-electron chi connectivity index (χ1n) is 7.52. The van der Waals surface area contributed by atoms with E-state index in [1.165, 1.54) is 26.9 Å². The van der Waals surface area contributed by atoms with E-state index >= 15 is 0 Å². The summed E-state index contributed by atoms with van der Waals surface area (Å²) in [5, 5.41) is 3.78. The molecular formula is C19H18BrN. The van der Waals surface area contributed by atoms with Crippen LogP contribution in [0.25, 0.3) is 0 Å². The fraction of sp³-hybridized carbons (Fsp3) is 0.263. The Morgan fingerprint density at radius 1 is 1.10 bits per heavy atom. The summed E-state index contributed by atoms with van der Waals surface area (Å²) in [7, 11) is 0. The van der Waals surface area contributed by atoms with Gasteiger partial charge in [0.1, 0.15) is 0 Å². The second-order valence-electron chi connectivity index (χ2n) is 6.09. The standard InChI is InChI=1S/C19H18BrN/c1-12-9-10-18-16(11-12)13-6-4-7-14(13)19(21-18)15-5-2-3-8-17(15)20/h2-6,8-11,13-14,19,21H,7H2,1H3/t13?,14?,19-/m0/s1. The molecule has 2 aliphatic rings. The van der Waals surface area contributed by atoms with E-state index in [2.05, 4.69) is 82.8 Å². The minimum absolute atomic E-state index is 0.371. The minimum Gasteiger partial charge on any atom is -0.378 e. The van der Waals surface area contributed by atoms with Gasteiger partial charge in [-0.3, -0.25) is 0 Å². The van der Waals surface area contributed by atoms with Crippen molar-refractivity contribution < 1.29 is 0 Å². The van der Waals surface area contributed by atoms with Gasteiger partial charge in [0, 0.05) is 16.1 Å². The van der Waals surface area contributed by atoms with Gasteiger partial charge in [-0.1, -0.05) is 64.0 Å². The van der Waals surface area contributed by atoms with Crippen molar-refractivity contribution in [3.63, 3.8) is 0 Å². The zero-order valence-corrected chi connectivity index (χ0v) is 13.6. The van der Waals surface area contributed by atoms with Gasteiger partial charge in [-0.25, -0.2) is 0 Å². The van der Waals surface area contributed by atoms with Crippen LogP contribution in [0.1, 0.15) is 35.1 Å². The van der Waals surface area contributed by atoms with Crippen LogP contribution < -0.4 is 5.32 Å². The van der Waals surface area contributed by atoms with Crippen molar-refractivity contribution in [2.45, 2.75) is 25.3 Å². The Morgan fingerprint density at radius 3 is 2.81 bits per heavy atom. The third-order valence-electron chi connectivity index (χ3n) is 4.76. The van der Waals surface area contributed by atoms with Crippen LogP contribution in [0, 0.1) is 12.8 Å². The smallest absolute Gasteiger partial charge is 0.0565 e. The fourth-order valence-electron chi connectivity index (χ4n) is 3.75. The molecule has 1 N–H and O–H groups in total. The Hall–Kier alpha value is -1.54. The van der Waals surface area contributed by atoms with Gasteiger partial charge in [0.05, 0.1) is 6.04 Å². The largest absolute Gasteiger partial charge is 0.378 e. The molecule has 0 bridgehead atoms. The molecule has 0 radical (unpaired) electrons. The fourth-order valence-corrected chi connectivity index (χ4v) is 4.28. The summed E-state index contributed by atoms with van der Waals surface area (Å²) < 4.78 is 1.20. The lowest BCUT2D eigenvalue weighted by atomic mass is 9.77. The average molecular weight is 340 g/mol. The molecule has 1 nitrogen and oxygen atoms in total. The highest BCUT2D eigenvalue weighted by molar-refractivity contribution is 9.10. The van der Waals surface area contributed by atoms with Crippen LogP contribution in [-0.2, 0) is 0 Å². The van der Waals surface area contributed by atoms with E-state index < -0.39 is 0 Å². The van der Waals surface area contributed by atoms with E-state index in [9.17, 15) is 0 Å². The normalized spacial score (nSPS) is 26.1. The molecule has 1 aliphatic heterocycles. The number of nitrogens with one attached hydrogen (secondary N) is 1. The molecule has 21 heavy (non-hydrogen) atoms. The highest BCUT2D eigenvalue weighted by Gasteiger charge is 2.38. The van der Waals surface area contributed by atoms with Crippen LogP contribution in [0.3, 0.4) is 0 Å². The number of anilines is 1. The van der Waals surface area contributed by atoms with Crippen molar-refractivity contribution in [1.29, 1.82) is 0 Å². The zero-order chi connectivity index (χ0) is 14.4. The highest BCUT2D eigenvalue weighted by atomic mass is 79.9. The maximum atomic E-state index is 3.78. The van der Waals surface area contributed by atoms with Crippen molar-refractivity contribution in [3.05, 3.63) is 75.8 Å². The molecule has 3 atom stereocenters. The average Bonchev–Trinajstić information content (AvgIpc) is 2.97. The topological polar surface area (TPSA) is 12.0 Å². The molecular weight excluding hydrogens is 322 g/mol. The minimum atomic E-state index is 0.371. The van der Waals surface area contributed by atoms with Crippen LogP contribution in [0.15, 0.2) is 59.1 Å². The predicted octanol–water partition coefficient (Wildman–Crippen LogP) is 5.58. The van der Waals surface area contributed by atoms with E-state index in [4.69, 9.17) is 0 Å². The van der Waals surface area contributed by atoms with Gasteiger partial charge < -0.3 is 5.32 Å². The van der Waals surface area contributed by atoms with Crippen molar-refractivity contribution in [2.75, 3.05) is 5.32 Å². The molecule has 2 aromatic rings. The number of halogens is 1. The van der Waals surface area contributed by atoms with Crippen molar-refractivity contribution in [2.24, 2.45) is 5.92 Å². The number of hydrogen-bond acceptors (Lipinski definition) is 1. The zero-order valence-electron chi connectivity index (χ0n) is 12.0. The summed E-state index contributed by atoms with van der Waals surface area (Å²) >= 11 is 3.72. The SMILES string of the molecule is Cc1ccc2c(c1)C1C=CCC1[C@@H](c1ccccc1Br)N2. The first kappa shape index (κ1) is 13.1. The van der Waals surface area contributed by atoms with Gasteiger partial charge in [0.15, 0.2) is 0 Å². The van der Waals surface area contributed by atoms with Crippen LogP contribution >= 0.6 is 15.9 Å². The number of fused-ring (bicyclic) bond motifs is 3. The van der Waals surface area contributed by atoms with Gasteiger partial charge in [-0.05, 0) is 42.5 Å². The Morgan fingerprint density at radius 2 is 1.95 bits per heavy atom. The van der Waals surface area contributed by atoms with E-state index in [1.807, 2.05) is 0 Å². The van der Waals surface area contributed by atoms with Gasteiger partial charge in [-0.2, -0.15) is 0 Å². The highest BCUT2D eigenvalue weighted by Crippen LogP contribution is 2.50. The number of hydrogen-bond donors (Lipinski definition) is 1.